The van der Waals surface area contributed by atoms with E-state index in [0.29, 0.717) is 12.1 Å². The van der Waals surface area contributed by atoms with Crippen LogP contribution in [0.4, 0.5) is 39.5 Å². The number of aliphatic carboxylic acids is 3. The molecule has 264 valence electrons. The highest BCUT2D eigenvalue weighted by atomic mass is 19.4. The van der Waals surface area contributed by atoms with Gasteiger partial charge in [-0.1, -0.05) is 6.07 Å². The fourth-order valence-corrected chi connectivity index (χ4v) is 3.51. The molecule has 0 saturated heterocycles. The van der Waals surface area contributed by atoms with Gasteiger partial charge in [0, 0.05) is 62.7 Å². The summed E-state index contributed by atoms with van der Waals surface area (Å²) in [6.45, 7) is 3.23. The van der Waals surface area contributed by atoms with Crippen molar-refractivity contribution in [3.8, 4) is 0 Å². The summed E-state index contributed by atoms with van der Waals surface area (Å²) in [5.41, 5.74) is 3.04. The van der Waals surface area contributed by atoms with Crippen LogP contribution in [0.3, 0.4) is 0 Å². The van der Waals surface area contributed by atoms with Gasteiger partial charge >= 0.3 is 36.4 Å². The molecule has 0 spiro atoms. The number of aromatic nitrogens is 4. The molecule has 0 aromatic carbocycles. The standard InChI is InChI=1S/C20H22N6O.3C2HF3O2/c27-20(17-3-8-21-9-4-17)23-10-5-18-14-25(13-16-2-1-7-22-12-16)15-19-6-11-24-26(18)19;3*3-2(4,5)1(6)7/h1-4,6-9,11-12,18H,5,10,13-15H2,(H,23,27);3*(H,6,7). The van der Waals surface area contributed by atoms with E-state index in [1.54, 1.807) is 30.7 Å². The van der Waals surface area contributed by atoms with Crippen LogP contribution in [0, 0.1) is 0 Å². The molecule has 13 nitrogen and oxygen atoms in total. The molecule has 1 amide bonds. The lowest BCUT2D eigenvalue weighted by molar-refractivity contribution is -0.193. The number of alkyl halides is 9. The molecule has 0 fully saturated rings. The summed E-state index contributed by atoms with van der Waals surface area (Å²) in [4.78, 5) is 49.4. The number of hydrogen-bond donors (Lipinski definition) is 4. The Morgan fingerprint density at radius 3 is 1.75 bits per heavy atom. The van der Waals surface area contributed by atoms with Gasteiger partial charge < -0.3 is 20.6 Å². The predicted molar refractivity (Wildman–Crippen MR) is 142 cm³/mol. The molecule has 1 atom stereocenters. The zero-order valence-corrected chi connectivity index (χ0v) is 24.0. The largest absolute Gasteiger partial charge is 0.490 e. The number of carbonyl (C=O) groups is 4. The second-order valence-corrected chi connectivity index (χ2v) is 9.14. The zero-order chi connectivity index (χ0) is 36.7. The van der Waals surface area contributed by atoms with E-state index >= 15 is 0 Å². The van der Waals surface area contributed by atoms with Crippen molar-refractivity contribution in [1.82, 2.24) is 30.0 Å². The van der Waals surface area contributed by atoms with Crippen LogP contribution in [0.2, 0.25) is 0 Å². The number of carbonyl (C=O) groups excluding carboxylic acids is 1. The molecule has 0 saturated carbocycles. The fraction of sp³-hybridized carbons (Fsp3) is 0.346. The zero-order valence-electron chi connectivity index (χ0n) is 24.0. The number of halogens is 9. The molecule has 1 unspecified atom stereocenters. The Hall–Kier alpha value is -5.28. The molecular formula is C26H25F9N6O7. The Labute approximate surface area is 263 Å². The summed E-state index contributed by atoms with van der Waals surface area (Å²) in [7, 11) is 0. The Balaban J connectivity index is 0.000000448. The summed E-state index contributed by atoms with van der Waals surface area (Å²) in [6, 6.07) is 9.81. The number of pyridine rings is 2. The molecule has 3 aromatic rings. The Morgan fingerprint density at radius 1 is 0.771 bits per heavy atom. The van der Waals surface area contributed by atoms with Crippen LogP contribution >= 0.6 is 0 Å². The summed E-state index contributed by atoms with van der Waals surface area (Å²) in [6.07, 6.45) is -5.61. The average Bonchev–Trinajstić information content (AvgIpc) is 3.46. The van der Waals surface area contributed by atoms with E-state index in [1.807, 2.05) is 18.5 Å². The maximum Gasteiger partial charge on any atom is 0.490 e. The smallest absolute Gasteiger partial charge is 0.475 e. The molecule has 1 aliphatic heterocycles. The fourth-order valence-electron chi connectivity index (χ4n) is 3.51. The van der Waals surface area contributed by atoms with Crippen molar-refractivity contribution in [2.75, 3.05) is 13.1 Å². The van der Waals surface area contributed by atoms with Crippen LogP contribution in [-0.2, 0) is 27.5 Å². The Bertz CT molecular complexity index is 1410. The lowest BCUT2D eigenvalue weighted by Gasteiger charge is -2.34. The summed E-state index contributed by atoms with van der Waals surface area (Å²) in [5, 5.41) is 28.9. The molecule has 22 heteroatoms. The molecule has 0 radical (unpaired) electrons. The number of carboxylic acids is 3. The van der Waals surface area contributed by atoms with Crippen molar-refractivity contribution < 1.29 is 74.0 Å². The molecule has 4 N–H and O–H groups in total. The van der Waals surface area contributed by atoms with E-state index in [4.69, 9.17) is 29.7 Å². The quantitative estimate of drug-likeness (QED) is 0.272. The van der Waals surface area contributed by atoms with Crippen LogP contribution in [-0.4, -0.2) is 95.4 Å². The lowest BCUT2D eigenvalue weighted by atomic mass is 10.1. The minimum atomic E-state index is -5.08. The SMILES string of the molecule is O=C(NCCC1CN(Cc2cccnc2)Cc2ccnn21)c1ccncc1.O=C(O)C(F)(F)F.O=C(O)C(F)(F)F.O=C(O)C(F)(F)F. The van der Waals surface area contributed by atoms with E-state index in [9.17, 15) is 44.3 Å². The van der Waals surface area contributed by atoms with Crippen LogP contribution < -0.4 is 5.32 Å². The third-order valence-electron chi connectivity index (χ3n) is 5.51. The van der Waals surface area contributed by atoms with Crippen LogP contribution in [0.5, 0.6) is 0 Å². The van der Waals surface area contributed by atoms with E-state index in [-0.39, 0.29) is 11.9 Å². The second kappa shape index (κ2) is 18.2. The van der Waals surface area contributed by atoms with Crippen molar-refractivity contribution in [2.24, 2.45) is 0 Å². The van der Waals surface area contributed by atoms with Gasteiger partial charge in [-0.2, -0.15) is 44.6 Å². The van der Waals surface area contributed by atoms with Gasteiger partial charge in [-0.05, 0) is 36.2 Å². The van der Waals surface area contributed by atoms with Crippen LogP contribution in [0.15, 0.2) is 61.3 Å². The predicted octanol–water partition coefficient (Wildman–Crippen LogP) is 3.95. The first-order chi connectivity index (χ1) is 22.1. The minimum absolute atomic E-state index is 0.0684. The lowest BCUT2D eigenvalue weighted by Crippen LogP contribution is -2.39. The van der Waals surface area contributed by atoms with Gasteiger partial charge in [0.25, 0.3) is 5.91 Å². The van der Waals surface area contributed by atoms with E-state index in [1.165, 1.54) is 11.3 Å². The third-order valence-corrected chi connectivity index (χ3v) is 5.51. The highest BCUT2D eigenvalue weighted by molar-refractivity contribution is 5.93. The van der Waals surface area contributed by atoms with Gasteiger partial charge in [-0.25, -0.2) is 14.4 Å². The Morgan fingerprint density at radius 2 is 1.29 bits per heavy atom. The number of rotatable bonds is 6. The average molecular weight is 705 g/mol. The summed E-state index contributed by atoms with van der Waals surface area (Å²) in [5.74, 6) is -8.34. The number of carboxylic acid groups (broad SMARTS) is 3. The van der Waals surface area contributed by atoms with Crippen molar-refractivity contribution in [2.45, 2.75) is 44.1 Å². The molecule has 0 aliphatic carbocycles. The maximum atomic E-state index is 12.2. The van der Waals surface area contributed by atoms with E-state index in [0.717, 1.165) is 26.1 Å². The number of amides is 1. The topological polar surface area (TPSA) is 188 Å². The van der Waals surface area contributed by atoms with Gasteiger partial charge in [-0.3, -0.25) is 24.3 Å². The van der Waals surface area contributed by atoms with Crippen LogP contribution in [0.25, 0.3) is 0 Å². The molecule has 4 rings (SSSR count). The second-order valence-electron chi connectivity index (χ2n) is 9.14. The first kappa shape index (κ1) is 40.7. The van der Waals surface area contributed by atoms with Crippen LogP contribution in [0.1, 0.15) is 34.1 Å². The number of nitrogens with zero attached hydrogens (tertiary/aromatic N) is 5. The molecule has 0 bridgehead atoms. The maximum absolute atomic E-state index is 12.2. The van der Waals surface area contributed by atoms with Crippen molar-refractivity contribution in [1.29, 1.82) is 0 Å². The molecule has 1 aliphatic rings. The van der Waals surface area contributed by atoms with Gasteiger partial charge in [-0.15, -0.1) is 0 Å². The highest BCUT2D eigenvalue weighted by Gasteiger charge is 2.39. The first-order valence-electron chi connectivity index (χ1n) is 12.8. The minimum Gasteiger partial charge on any atom is -0.475 e. The van der Waals surface area contributed by atoms with Crippen molar-refractivity contribution in [3.63, 3.8) is 0 Å². The van der Waals surface area contributed by atoms with Gasteiger partial charge in [0.05, 0.1) is 11.7 Å². The monoisotopic (exact) mass is 704 g/mol. The number of fused-ring (bicyclic) bond motifs is 1. The molecular weight excluding hydrogens is 679 g/mol. The third kappa shape index (κ3) is 15.3. The highest BCUT2D eigenvalue weighted by Crippen LogP contribution is 2.24. The van der Waals surface area contributed by atoms with Gasteiger partial charge in [0.1, 0.15) is 0 Å². The number of hydrogen-bond acceptors (Lipinski definition) is 8. The van der Waals surface area contributed by atoms with Gasteiger partial charge in [0.15, 0.2) is 0 Å². The van der Waals surface area contributed by atoms with Crippen molar-refractivity contribution in [3.05, 3.63) is 78.1 Å². The number of nitrogens with one attached hydrogen (secondary N) is 1. The summed E-state index contributed by atoms with van der Waals surface area (Å²) >= 11 is 0. The Kier molecular flexibility index (Phi) is 15.4. The molecule has 48 heavy (non-hydrogen) atoms. The summed E-state index contributed by atoms with van der Waals surface area (Å²) < 4.78 is 97.3. The first-order valence-corrected chi connectivity index (χ1v) is 12.8. The van der Waals surface area contributed by atoms with Gasteiger partial charge in [0.2, 0.25) is 0 Å². The normalized spacial score (nSPS) is 14.3. The van der Waals surface area contributed by atoms with Crippen molar-refractivity contribution >= 4 is 23.8 Å². The molecule has 3 aromatic heterocycles. The van der Waals surface area contributed by atoms with E-state index < -0.39 is 36.4 Å². The van der Waals surface area contributed by atoms with E-state index in [2.05, 4.69) is 42.1 Å². The molecule has 4 heterocycles.